The second-order valence-electron chi connectivity index (χ2n) is 4.56. The highest BCUT2D eigenvalue weighted by atomic mass is 16.5. The van der Waals surface area contributed by atoms with Gasteiger partial charge < -0.3 is 9.26 Å². The molecule has 2 aromatic heterocycles. The van der Waals surface area contributed by atoms with Crippen LogP contribution in [0, 0.1) is 13.8 Å². The van der Waals surface area contributed by atoms with Crippen molar-refractivity contribution in [2.45, 2.75) is 20.8 Å². The topological polar surface area (TPSA) is 61.0 Å². The van der Waals surface area contributed by atoms with E-state index in [-0.39, 0.29) is 0 Å². The molecule has 5 heteroatoms. The fraction of sp³-hybridized carbons (Fsp3) is 0.267. The van der Waals surface area contributed by atoms with E-state index in [4.69, 9.17) is 9.26 Å². The second-order valence-corrected chi connectivity index (χ2v) is 4.56. The maximum Gasteiger partial charge on any atom is 0.225 e. The van der Waals surface area contributed by atoms with Crippen LogP contribution in [0.1, 0.15) is 18.4 Å². The molecule has 0 fully saturated rings. The van der Waals surface area contributed by atoms with Crippen molar-refractivity contribution >= 4 is 10.9 Å². The van der Waals surface area contributed by atoms with Gasteiger partial charge >= 0.3 is 0 Å². The largest absolute Gasteiger partial charge is 0.477 e. The Morgan fingerprint density at radius 3 is 2.75 bits per heavy atom. The van der Waals surface area contributed by atoms with Crippen molar-refractivity contribution in [1.82, 2.24) is 15.1 Å². The Labute approximate surface area is 116 Å². The minimum absolute atomic E-state index is 0.502. The number of ether oxygens (including phenoxy) is 1. The van der Waals surface area contributed by atoms with E-state index in [1.54, 1.807) is 6.92 Å². The summed E-state index contributed by atoms with van der Waals surface area (Å²) in [6.45, 7) is 6.25. The SMILES string of the molecule is CCOc1nc2c(C)cccc2cc1-c1noc(C)n1. The van der Waals surface area contributed by atoms with Crippen molar-refractivity contribution in [3.63, 3.8) is 0 Å². The molecule has 0 spiro atoms. The summed E-state index contributed by atoms with van der Waals surface area (Å²) < 4.78 is 10.7. The lowest BCUT2D eigenvalue weighted by Gasteiger charge is -2.09. The Morgan fingerprint density at radius 2 is 2.05 bits per heavy atom. The molecule has 0 aliphatic heterocycles. The summed E-state index contributed by atoms with van der Waals surface area (Å²) in [6.07, 6.45) is 0. The van der Waals surface area contributed by atoms with E-state index in [0.717, 1.165) is 22.0 Å². The maximum absolute atomic E-state index is 5.63. The number of para-hydroxylation sites is 1. The molecule has 0 aliphatic carbocycles. The molecule has 20 heavy (non-hydrogen) atoms. The minimum Gasteiger partial charge on any atom is -0.477 e. The first kappa shape index (κ1) is 12.6. The molecule has 0 amide bonds. The predicted molar refractivity (Wildman–Crippen MR) is 75.7 cm³/mol. The normalized spacial score (nSPS) is 10.9. The van der Waals surface area contributed by atoms with Crippen molar-refractivity contribution < 1.29 is 9.26 Å². The third-order valence-corrected chi connectivity index (χ3v) is 3.06. The standard InChI is InChI=1S/C15H15N3O2/c1-4-19-15-12(14-16-10(3)20-18-14)8-11-7-5-6-9(2)13(11)17-15/h5-8H,4H2,1-3H3. The Kier molecular flexibility index (Phi) is 3.10. The van der Waals surface area contributed by atoms with Gasteiger partial charge in [0.1, 0.15) is 0 Å². The summed E-state index contributed by atoms with van der Waals surface area (Å²) in [7, 11) is 0. The molecule has 1 aromatic carbocycles. The van der Waals surface area contributed by atoms with Crippen LogP contribution < -0.4 is 4.74 Å². The number of aryl methyl sites for hydroxylation is 2. The van der Waals surface area contributed by atoms with E-state index in [9.17, 15) is 0 Å². The first-order chi connectivity index (χ1) is 9.69. The van der Waals surface area contributed by atoms with Crippen molar-refractivity contribution in [2.75, 3.05) is 6.61 Å². The zero-order chi connectivity index (χ0) is 14.1. The molecule has 0 saturated heterocycles. The Hall–Kier alpha value is -2.43. The average molecular weight is 269 g/mol. The maximum atomic E-state index is 5.63. The number of nitrogens with zero attached hydrogens (tertiary/aromatic N) is 3. The third kappa shape index (κ3) is 2.11. The van der Waals surface area contributed by atoms with Crippen LogP contribution in [-0.2, 0) is 0 Å². The van der Waals surface area contributed by atoms with Gasteiger partial charge in [0.05, 0.1) is 17.7 Å². The van der Waals surface area contributed by atoms with Gasteiger partial charge in [-0.3, -0.25) is 0 Å². The van der Waals surface area contributed by atoms with Crippen molar-refractivity contribution in [2.24, 2.45) is 0 Å². The molecule has 0 aliphatic rings. The lowest BCUT2D eigenvalue weighted by molar-refractivity contribution is 0.329. The molecule has 0 unspecified atom stereocenters. The van der Waals surface area contributed by atoms with Crippen LogP contribution in [0.25, 0.3) is 22.3 Å². The van der Waals surface area contributed by atoms with Gasteiger partial charge in [0.25, 0.3) is 0 Å². The molecule has 3 aromatic rings. The highest BCUT2D eigenvalue weighted by Crippen LogP contribution is 2.31. The Bertz CT molecular complexity index is 765. The van der Waals surface area contributed by atoms with Gasteiger partial charge in [0.15, 0.2) is 0 Å². The van der Waals surface area contributed by atoms with Crippen LogP contribution in [-0.4, -0.2) is 21.7 Å². The van der Waals surface area contributed by atoms with Crippen LogP contribution in [0.4, 0.5) is 0 Å². The van der Waals surface area contributed by atoms with Crippen molar-refractivity contribution in [1.29, 1.82) is 0 Å². The van der Waals surface area contributed by atoms with Crippen LogP contribution >= 0.6 is 0 Å². The lowest BCUT2D eigenvalue weighted by atomic mass is 10.1. The number of pyridine rings is 1. The molecule has 0 radical (unpaired) electrons. The van der Waals surface area contributed by atoms with Gasteiger partial charge in [0, 0.05) is 12.3 Å². The van der Waals surface area contributed by atoms with Gasteiger partial charge in [-0.2, -0.15) is 4.98 Å². The van der Waals surface area contributed by atoms with Gasteiger partial charge in [0.2, 0.25) is 17.6 Å². The number of fused-ring (bicyclic) bond motifs is 1. The molecule has 3 rings (SSSR count). The summed E-state index contributed by atoms with van der Waals surface area (Å²) in [5.41, 5.74) is 2.79. The fourth-order valence-electron chi connectivity index (χ4n) is 2.15. The van der Waals surface area contributed by atoms with Crippen LogP contribution in [0.2, 0.25) is 0 Å². The van der Waals surface area contributed by atoms with Crippen LogP contribution in [0.5, 0.6) is 5.88 Å². The number of benzene rings is 1. The minimum atomic E-state index is 0.502. The zero-order valence-electron chi connectivity index (χ0n) is 11.7. The Balaban J connectivity index is 2.26. The quantitative estimate of drug-likeness (QED) is 0.730. The summed E-state index contributed by atoms with van der Waals surface area (Å²) in [4.78, 5) is 8.86. The molecule has 0 atom stereocenters. The van der Waals surface area contributed by atoms with E-state index in [1.165, 1.54) is 0 Å². The van der Waals surface area contributed by atoms with Gasteiger partial charge in [-0.05, 0) is 25.5 Å². The monoisotopic (exact) mass is 269 g/mol. The summed E-state index contributed by atoms with van der Waals surface area (Å²) >= 11 is 0. The van der Waals surface area contributed by atoms with E-state index in [2.05, 4.69) is 15.1 Å². The first-order valence-electron chi connectivity index (χ1n) is 6.53. The molecule has 0 N–H and O–H groups in total. The van der Waals surface area contributed by atoms with Gasteiger partial charge in [-0.25, -0.2) is 4.98 Å². The van der Waals surface area contributed by atoms with E-state index in [0.29, 0.717) is 24.2 Å². The number of hydrogen-bond donors (Lipinski definition) is 0. The van der Waals surface area contributed by atoms with E-state index in [1.807, 2.05) is 38.1 Å². The summed E-state index contributed by atoms with van der Waals surface area (Å²) in [5, 5.41) is 4.99. The molecule has 102 valence electrons. The molecule has 5 nitrogen and oxygen atoms in total. The first-order valence-corrected chi connectivity index (χ1v) is 6.53. The zero-order valence-corrected chi connectivity index (χ0v) is 11.7. The van der Waals surface area contributed by atoms with E-state index < -0.39 is 0 Å². The number of rotatable bonds is 3. The third-order valence-electron chi connectivity index (χ3n) is 3.06. The van der Waals surface area contributed by atoms with Crippen molar-refractivity contribution in [3.8, 4) is 17.3 Å². The number of aromatic nitrogens is 3. The van der Waals surface area contributed by atoms with E-state index >= 15 is 0 Å². The fourth-order valence-corrected chi connectivity index (χ4v) is 2.15. The lowest BCUT2D eigenvalue weighted by Crippen LogP contribution is -1.99. The van der Waals surface area contributed by atoms with Crippen LogP contribution in [0.3, 0.4) is 0 Å². The van der Waals surface area contributed by atoms with Crippen molar-refractivity contribution in [3.05, 3.63) is 35.7 Å². The Morgan fingerprint density at radius 1 is 1.20 bits per heavy atom. The smallest absolute Gasteiger partial charge is 0.225 e. The highest BCUT2D eigenvalue weighted by molar-refractivity contribution is 5.87. The highest BCUT2D eigenvalue weighted by Gasteiger charge is 2.15. The molecule has 0 saturated carbocycles. The average Bonchev–Trinajstić information content (AvgIpc) is 2.86. The number of hydrogen-bond acceptors (Lipinski definition) is 5. The molecular weight excluding hydrogens is 254 g/mol. The molecular formula is C15H15N3O2. The van der Waals surface area contributed by atoms with Crippen LogP contribution in [0.15, 0.2) is 28.8 Å². The molecule has 0 bridgehead atoms. The van der Waals surface area contributed by atoms with Gasteiger partial charge in [-0.1, -0.05) is 23.4 Å². The summed E-state index contributed by atoms with van der Waals surface area (Å²) in [6, 6.07) is 8.04. The predicted octanol–water partition coefficient (Wildman–Crippen LogP) is 3.30. The second kappa shape index (κ2) is 4.92. The molecule has 2 heterocycles. The van der Waals surface area contributed by atoms with Gasteiger partial charge in [-0.15, -0.1) is 0 Å². The summed E-state index contributed by atoms with van der Waals surface area (Å²) in [5.74, 6) is 1.56.